The maximum atomic E-state index is 12.7. The Labute approximate surface area is 171 Å². The molecular weight excluding hydrogens is 442 g/mol. The van der Waals surface area contributed by atoms with E-state index < -0.39 is 60.4 Å². The second-order valence-corrected chi connectivity index (χ2v) is 6.94. The minimum absolute atomic E-state index is 0.103. The van der Waals surface area contributed by atoms with Gasteiger partial charge in [-0.1, -0.05) is 12.7 Å². The van der Waals surface area contributed by atoms with Crippen molar-refractivity contribution >= 4 is 17.9 Å². The predicted octanol–water partition coefficient (Wildman–Crippen LogP) is 2.65. The van der Waals surface area contributed by atoms with Gasteiger partial charge in [0.1, 0.15) is 6.10 Å². The Bertz CT molecular complexity index is 731. The summed E-state index contributed by atoms with van der Waals surface area (Å²) in [6.07, 6.45) is -18.3. The highest BCUT2D eigenvalue weighted by molar-refractivity contribution is 5.88. The highest BCUT2D eigenvalue weighted by Crippen LogP contribution is 2.44. The van der Waals surface area contributed by atoms with Gasteiger partial charge in [-0.25, -0.2) is 4.79 Å². The molecule has 13 heteroatoms. The molecular formula is C18H18F6O7. The molecule has 2 aliphatic rings. The van der Waals surface area contributed by atoms with E-state index in [1.807, 2.05) is 0 Å². The average molecular weight is 460 g/mol. The summed E-state index contributed by atoms with van der Waals surface area (Å²) in [6, 6.07) is 0. The van der Waals surface area contributed by atoms with E-state index in [9.17, 15) is 40.7 Å². The smallest absolute Gasteiger partial charge is 0.434 e. The molecule has 7 nitrogen and oxygen atoms in total. The Balaban J connectivity index is 2.12. The number of carbonyl (C=O) groups is 3. The number of rotatable bonds is 8. The fraction of sp³-hybridized carbons (Fsp3) is 0.611. The first-order valence-electron chi connectivity index (χ1n) is 8.86. The molecule has 0 radical (unpaired) electrons. The zero-order chi connectivity index (χ0) is 23.6. The van der Waals surface area contributed by atoms with Crippen molar-refractivity contribution in [2.75, 3.05) is 13.2 Å². The molecule has 2 rings (SSSR count). The Morgan fingerprint density at radius 3 is 2.35 bits per heavy atom. The highest BCUT2D eigenvalue weighted by atomic mass is 19.4. The lowest BCUT2D eigenvalue weighted by Gasteiger charge is -2.30. The summed E-state index contributed by atoms with van der Waals surface area (Å²) in [6.45, 7) is 6.71. The van der Waals surface area contributed by atoms with E-state index in [-0.39, 0.29) is 31.6 Å². The molecule has 31 heavy (non-hydrogen) atoms. The molecule has 4 unspecified atom stereocenters. The molecule has 1 aliphatic heterocycles. The minimum Gasteiger partial charge on any atom is -0.457 e. The Hall–Kier alpha value is -2.57. The monoisotopic (exact) mass is 460 g/mol. The molecule has 1 saturated heterocycles. The third-order valence-corrected chi connectivity index (χ3v) is 4.61. The molecule has 174 valence electrons. The van der Waals surface area contributed by atoms with Gasteiger partial charge >= 0.3 is 30.3 Å². The van der Waals surface area contributed by atoms with Crippen LogP contribution < -0.4 is 0 Å². The normalized spacial score (nSPS) is 25.7. The van der Waals surface area contributed by atoms with Crippen LogP contribution in [-0.4, -0.2) is 61.8 Å². The fourth-order valence-corrected chi connectivity index (χ4v) is 3.30. The molecule has 0 aromatic carbocycles. The van der Waals surface area contributed by atoms with Gasteiger partial charge in [0, 0.05) is 5.92 Å². The van der Waals surface area contributed by atoms with Crippen molar-refractivity contribution in [2.45, 2.75) is 43.5 Å². The van der Waals surface area contributed by atoms with Crippen LogP contribution >= 0.6 is 0 Å². The summed E-state index contributed by atoms with van der Waals surface area (Å²) in [5.74, 6) is -6.22. The maximum absolute atomic E-state index is 12.7. The van der Waals surface area contributed by atoms with Crippen LogP contribution in [0, 0.1) is 11.8 Å². The highest BCUT2D eigenvalue weighted by Gasteiger charge is 2.62. The van der Waals surface area contributed by atoms with E-state index in [4.69, 9.17) is 14.2 Å². The summed E-state index contributed by atoms with van der Waals surface area (Å²) in [7, 11) is 0. The lowest BCUT2D eigenvalue weighted by molar-refractivity contribution is -0.314. The van der Waals surface area contributed by atoms with Gasteiger partial charge in [-0.05, 0) is 6.42 Å². The van der Waals surface area contributed by atoms with Crippen LogP contribution in [0.5, 0.6) is 0 Å². The van der Waals surface area contributed by atoms with Gasteiger partial charge in [0.2, 0.25) is 0 Å². The van der Waals surface area contributed by atoms with E-state index in [0.29, 0.717) is 0 Å². The molecule has 1 aliphatic carbocycles. The van der Waals surface area contributed by atoms with Gasteiger partial charge < -0.3 is 18.9 Å². The van der Waals surface area contributed by atoms with Crippen LogP contribution in [0.1, 0.15) is 12.8 Å². The van der Waals surface area contributed by atoms with E-state index in [2.05, 4.69) is 17.9 Å². The first kappa shape index (κ1) is 24.7. The number of halogens is 6. The molecule has 1 heterocycles. The molecule has 0 aromatic rings. The third kappa shape index (κ3) is 5.99. The second-order valence-electron chi connectivity index (χ2n) is 6.94. The van der Waals surface area contributed by atoms with Crippen molar-refractivity contribution in [1.29, 1.82) is 0 Å². The van der Waals surface area contributed by atoms with Gasteiger partial charge in [-0.15, -0.1) is 6.58 Å². The predicted molar refractivity (Wildman–Crippen MR) is 88.1 cm³/mol. The first-order chi connectivity index (χ1) is 14.3. The van der Waals surface area contributed by atoms with E-state index in [0.717, 1.165) is 0 Å². The number of hydrogen-bond acceptors (Lipinski definition) is 7. The van der Waals surface area contributed by atoms with Crippen LogP contribution in [-0.2, 0) is 33.3 Å². The largest absolute Gasteiger partial charge is 0.457 e. The summed E-state index contributed by atoms with van der Waals surface area (Å²) >= 11 is 0. The van der Waals surface area contributed by atoms with Crippen LogP contribution in [0.3, 0.4) is 0 Å². The van der Waals surface area contributed by atoms with Crippen LogP contribution in [0.15, 0.2) is 24.8 Å². The molecule has 0 N–H and O–H groups in total. The lowest BCUT2D eigenvalue weighted by atomic mass is 9.99. The fourth-order valence-electron chi connectivity index (χ4n) is 3.30. The number of ether oxygens (including phenoxy) is 4. The van der Waals surface area contributed by atoms with Crippen molar-refractivity contribution in [1.82, 2.24) is 0 Å². The lowest BCUT2D eigenvalue weighted by Crippen LogP contribution is -2.48. The zero-order valence-corrected chi connectivity index (χ0v) is 15.8. The van der Waals surface area contributed by atoms with Crippen LogP contribution in [0.2, 0.25) is 0 Å². The van der Waals surface area contributed by atoms with Crippen molar-refractivity contribution in [3.05, 3.63) is 24.8 Å². The third-order valence-electron chi connectivity index (χ3n) is 4.61. The van der Waals surface area contributed by atoms with Gasteiger partial charge in [-0.3, -0.25) is 9.59 Å². The summed E-state index contributed by atoms with van der Waals surface area (Å²) in [5.41, 5.74) is -0.147. The van der Waals surface area contributed by atoms with E-state index in [1.54, 1.807) is 0 Å². The Kier molecular flexibility index (Phi) is 7.40. The Morgan fingerprint density at radius 2 is 1.81 bits per heavy atom. The van der Waals surface area contributed by atoms with Gasteiger partial charge in [0.15, 0.2) is 6.10 Å². The van der Waals surface area contributed by atoms with Crippen LogP contribution in [0.25, 0.3) is 0 Å². The van der Waals surface area contributed by atoms with Crippen molar-refractivity contribution < 1.29 is 59.7 Å². The SMILES string of the molecule is C=CCOCC(=C)C(=O)OC1C2CC(=O)OC1C(C(=O)OC(C(F)(F)F)C(F)(F)F)C2. The Morgan fingerprint density at radius 1 is 1.19 bits per heavy atom. The van der Waals surface area contributed by atoms with Crippen molar-refractivity contribution in [2.24, 2.45) is 11.8 Å². The summed E-state index contributed by atoms with van der Waals surface area (Å²) in [5, 5.41) is 0. The number of alkyl halides is 6. The number of carbonyl (C=O) groups excluding carboxylic acids is 3. The standard InChI is InChI=1S/C18H18F6O7/c1-3-4-28-7-8(2)14(26)30-12-9-5-10(13(12)29-11(25)6-9)15(27)31-16(17(19,20)21)18(22,23)24/h3,9-10,12-13,16H,1-2,4-7H2. The molecule has 0 aromatic heterocycles. The second kappa shape index (κ2) is 9.28. The van der Waals surface area contributed by atoms with Gasteiger partial charge in [0.05, 0.1) is 31.1 Å². The molecule has 4 atom stereocenters. The minimum atomic E-state index is -5.90. The van der Waals surface area contributed by atoms with Gasteiger partial charge in [0.25, 0.3) is 6.10 Å². The zero-order valence-electron chi connectivity index (χ0n) is 15.8. The topological polar surface area (TPSA) is 88.1 Å². The number of fused-ring (bicyclic) bond motifs is 2. The van der Waals surface area contributed by atoms with E-state index >= 15 is 0 Å². The first-order valence-corrected chi connectivity index (χ1v) is 8.86. The van der Waals surface area contributed by atoms with Crippen molar-refractivity contribution in [3.63, 3.8) is 0 Å². The summed E-state index contributed by atoms with van der Waals surface area (Å²) in [4.78, 5) is 35.9. The van der Waals surface area contributed by atoms with Gasteiger partial charge in [-0.2, -0.15) is 26.3 Å². The molecule has 1 saturated carbocycles. The average Bonchev–Trinajstić information content (AvgIpc) is 2.83. The maximum Gasteiger partial charge on any atom is 0.434 e. The molecule has 0 amide bonds. The van der Waals surface area contributed by atoms with Crippen LogP contribution in [0.4, 0.5) is 26.3 Å². The summed E-state index contributed by atoms with van der Waals surface area (Å²) < 4.78 is 94.9. The molecule has 2 fully saturated rings. The molecule has 0 spiro atoms. The number of esters is 3. The van der Waals surface area contributed by atoms with E-state index in [1.165, 1.54) is 6.08 Å². The molecule has 2 bridgehead atoms. The quantitative estimate of drug-likeness (QED) is 0.137. The number of hydrogen-bond donors (Lipinski definition) is 0. The van der Waals surface area contributed by atoms with Crippen molar-refractivity contribution in [3.8, 4) is 0 Å².